The van der Waals surface area contributed by atoms with Crippen molar-refractivity contribution in [3.8, 4) is 16.9 Å². The Hall–Kier alpha value is -2.54. The van der Waals surface area contributed by atoms with E-state index in [2.05, 4.69) is 4.98 Å². The number of fused-ring (bicyclic) bond motifs is 1. The molecule has 2 heterocycles. The molecule has 8 heteroatoms. The van der Waals surface area contributed by atoms with Gasteiger partial charge in [-0.1, -0.05) is 40.9 Å². The molecule has 0 radical (unpaired) electrons. The van der Waals surface area contributed by atoms with Crippen molar-refractivity contribution >= 4 is 44.3 Å². The maximum Gasteiger partial charge on any atom is 0.269 e. The third-order valence-corrected chi connectivity index (χ3v) is 6.85. The SMILES string of the molecule is COc1cc(Cl)ccc1-c1cn(S(=O)(=O)c2ccc(C)cc2)c2nccc(Cl)c12. The number of aryl methyl sites for hydroxylation is 1. The topological polar surface area (TPSA) is 61.2 Å². The first kappa shape index (κ1) is 19.8. The Morgan fingerprint density at radius 1 is 1.00 bits per heavy atom. The second-order valence-electron chi connectivity index (χ2n) is 6.49. The summed E-state index contributed by atoms with van der Waals surface area (Å²) in [6.07, 6.45) is 3.00. The summed E-state index contributed by atoms with van der Waals surface area (Å²) >= 11 is 12.5. The van der Waals surface area contributed by atoms with Gasteiger partial charge in [-0.3, -0.25) is 0 Å². The molecule has 5 nitrogen and oxygen atoms in total. The number of hydrogen-bond acceptors (Lipinski definition) is 4. The minimum absolute atomic E-state index is 0.163. The Bertz CT molecular complexity index is 1330. The lowest BCUT2D eigenvalue weighted by Crippen LogP contribution is -2.12. The average molecular weight is 447 g/mol. The fourth-order valence-electron chi connectivity index (χ4n) is 3.19. The van der Waals surface area contributed by atoms with Crippen LogP contribution in [0, 0.1) is 6.92 Å². The smallest absolute Gasteiger partial charge is 0.269 e. The zero-order valence-corrected chi connectivity index (χ0v) is 17.9. The molecule has 0 amide bonds. The normalized spacial score (nSPS) is 11.7. The second-order valence-corrected chi connectivity index (χ2v) is 9.15. The number of hydrogen-bond donors (Lipinski definition) is 0. The van der Waals surface area contributed by atoms with E-state index in [1.54, 1.807) is 48.5 Å². The van der Waals surface area contributed by atoms with Crippen LogP contribution in [0.4, 0.5) is 0 Å². The van der Waals surface area contributed by atoms with Crippen LogP contribution in [0.2, 0.25) is 10.0 Å². The number of aromatic nitrogens is 2. The van der Waals surface area contributed by atoms with Crippen molar-refractivity contribution in [1.82, 2.24) is 8.96 Å². The van der Waals surface area contributed by atoms with Gasteiger partial charge < -0.3 is 4.74 Å². The van der Waals surface area contributed by atoms with Crippen LogP contribution in [0.5, 0.6) is 5.75 Å². The summed E-state index contributed by atoms with van der Waals surface area (Å²) < 4.78 is 33.3. The first-order valence-corrected chi connectivity index (χ1v) is 10.8. The third-order valence-electron chi connectivity index (χ3n) is 4.64. The number of benzene rings is 2. The van der Waals surface area contributed by atoms with Gasteiger partial charge in [-0.25, -0.2) is 17.4 Å². The molecule has 29 heavy (non-hydrogen) atoms. The van der Waals surface area contributed by atoms with Gasteiger partial charge >= 0.3 is 0 Å². The average Bonchev–Trinajstić information content (AvgIpc) is 3.10. The van der Waals surface area contributed by atoms with Crippen molar-refractivity contribution in [2.24, 2.45) is 0 Å². The summed E-state index contributed by atoms with van der Waals surface area (Å²) in [5.41, 5.74) is 2.45. The monoisotopic (exact) mass is 446 g/mol. The van der Waals surface area contributed by atoms with Crippen molar-refractivity contribution in [2.45, 2.75) is 11.8 Å². The Balaban J connectivity index is 2.04. The van der Waals surface area contributed by atoms with E-state index in [-0.39, 0.29) is 10.5 Å². The van der Waals surface area contributed by atoms with Gasteiger partial charge in [0, 0.05) is 33.9 Å². The van der Waals surface area contributed by atoms with E-state index in [9.17, 15) is 8.42 Å². The molecule has 0 N–H and O–H groups in total. The summed E-state index contributed by atoms with van der Waals surface area (Å²) in [6, 6.07) is 13.4. The van der Waals surface area contributed by atoms with Crippen LogP contribution < -0.4 is 4.74 Å². The van der Waals surface area contributed by atoms with Crippen molar-refractivity contribution in [3.05, 3.63) is 76.5 Å². The number of nitrogens with zero attached hydrogens (tertiary/aromatic N) is 2. The predicted octanol–water partition coefficient (Wildman–Crippen LogP) is 5.56. The van der Waals surface area contributed by atoms with Crippen LogP contribution in [0.25, 0.3) is 22.2 Å². The number of halogens is 2. The molecule has 0 unspecified atom stereocenters. The van der Waals surface area contributed by atoms with Crippen LogP contribution >= 0.6 is 23.2 Å². The first-order valence-electron chi connectivity index (χ1n) is 8.64. The number of ether oxygens (including phenoxy) is 1. The highest BCUT2D eigenvalue weighted by atomic mass is 35.5. The van der Waals surface area contributed by atoms with E-state index in [1.807, 2.05) is 6.92 Å². The van der Waals surface area contributed by atoms with Gasteiger partial charge in [-0.05, 0) is 43.3 Å². The van der Waals surface area contributed by atoms with E-state index >= 15 is 0 Å². The molecular weight excluding hydrogens is 431 g/mol. The Morgan fingerprint density at radius 2 is 1.72 bits per heavy atom. The molecular formula is C21H16Cl2N2O3S. The highest BCUT2D eigenvalue weighted by Gasteiger charge is 2.25. The Kier molecular flexibility index (Phi) is 5.02. The van der Waals surface area contributed by atoms with Crippen molar-refractivity contribution < 1.29 is 13.2 Å². The quantitative estimate of drug-likeness (QED) is 0.411. The van der Waals surface area contributed by atoms with Gasteiger partial charge in [-0.2, -0.15) is 0 Å². The Morgan fingerprint density at radius 3 is 2.41 bits per heavy atom. The number of methoxy groups -OCH3 is 1. The molecule has 2 aromatic heterocycles. The minimum Gasteiger partial charge on any atom is -0.496 e. The van der Waals surface area contributed by atoms with Crippen LogP contribution in [0.1, 0.15) is 5.56 Å². The van der Waals surface area contributed by atoms with Crippen LogP contribution in [-0.4, -0.2) is 24.5 Å². The molecule has 148 valence electrons. The number of pyridine rings is 1. The van der Waals surface area contributed by atoms with E-state index in [0.717, 1.165) is 9.54 Å². The van der Waals surface area contributed by atoms with Crippen molar-refractivity contribution in [3.63, 3.8) is 0 Å². The maximum absolute atomic E-state index is 13.4. The molecule has 0 aliphatic heterocycles. The van der Waals surface area contributed by atoms with Crippen molar-refractivity contribution in [1.29, 1.82) is 0 Å². The summed E-state index contributed by atoms with van der Waals surface area (Å²) in [6.45, 7) is 1.90. The number of rotatable bonds is 4. The summed E-state index contributed by atoms with van der Waals surface area (Å²) in [7, 11) is -2.36. The fraction of sp³-hybridized carbons (Fsp3) is 0.0952. The molecule has 0 spiro atoms. The predicted molar refractivity (Wildman–Crippen MR) is 116 cm³/mol. The van der Waals surface area contributed by atoms with Crippen LogP contribution in [-0.2, 0) is 10.0 Å². The summed E-state index contributed by atoms with van der Waals surface area (Å²) in [5, 5.41) is 1.41. The summed E-state index contributed by atoms with van der Waals surface area (Å²) in [4.78, 5) is 4.47. The second kappa shape index (κ2) is 7.37. The van der Waals surface area contributed by atoms with Gasteiger partial charge in [0.25, 0.3) is 10.0 Å². The molecule has 4 rings (SSSR count). The molecule has 0 aliphatic rings. The molecule has 0 fully saturated rings. The molecule has 0 saturated heterocycles. The van der Waals surface area contributed by atoms with E-state index in [1.165, 1.54) is 19.5 Å². The molecule has 0 aliphatic carbocycles. The highest BCUT2D eigenvalue weighted by Crippen LogP contribution is 2.40. The van der Waals surface area contributed by atoms with Crippen molar-refractivity contribution in [2.75, 3.05) is 7.11 Å². The molecule has 0 bridgehead atoms. The molecule has 2 aromatic carbocycles. The molecule has 0 saturated carbocycles. The zero-order chi connectivity index (χ0) is 20.8. The lowest BCUT2D eigenvalue weighted by molar-refractivity contribution is 0.416. The van der Waals surface area contributed by atoms with E-state index in [4.69, 9.17) is 27.9 Å². The summed E-state index contributed by atoms with van der Waals surface area (Å²) in [5.74, 6) is 0.504. The largest absolute Gasteiger partial charge is 0.496 e. The van der Waals surface area contributed by atoms with Gasteiger partial charge in [0.2, 0.25) is 0 Å². The highest BCUT2D eigenvalue weighted by molar-refractivity contribution is 7.90. The molecule has 0 atom stereocenters. The fourth-order valence-corrected chi connectivity index (χ4v) is 4.91. The van der Waals surface area contributed by atoms with Crippen LogP contribution in [0.15, 0.2) is 65.8 Å². The lowest BCUT2D eigenvalue weighted by Gasteiger charge is -2.08. The van der Waals surface area contributed by atoms with Gasteiger partial charge in [0.15, 0.2) is 5.65 Å². The standard InChI is InChI=1S/C21H16Cl2N2O3S/c1-13-3-6-15(7-4-13)29(26,27)25-12-17(20-18(23)9-10-24-21(20)25)16-8-5-14(22)11-19(16)28-2/h3-12H,1-2H3. The maximum atomic E-state index is 13.4. The van der Waals surface area contributed by atoms with Gasteiger partial charge in [0.1, 0.15) is 5.75 Å². The van der Waals surface area contributed by atoms with E-state index in [0.29, 0.717) is 32.3 Å². The van der Waals surface area contributed by atoms with Gasteiger partial charge in [0.05, 0.1) is 17.0 Å². The molecule has 4 aromatic rings. The zero-order valence-electron chi connectivity index (χ0n) is 15.6. The van der Waals surface area contributed by atoms with Crippen LogP contribution in [0.3, 0.4) is 0 Å². The third kappa shape index (κ3) is 3.37. The van der Waals surface area contributed by atoms with Gasteiger partial charge in [-0.15, -0.1) is 0 Å². The minimum atomic E-state index is -3.89. The Labute approximate surface area is 178 Å². The first-order chi connectivity index (χ1) is 13.8. The van der Waals surface area contributed by atoms with E-state index < -0.39 is 10.0 Å². The lowest BCUT2D eigenvalue weighted by atomic mass is 10.0.